The first-order chi connectivity index (χ1) is 12.3. The summed E-state index contributed by atoms with van der Waals surface area (Å²) < 4.78 is 5.39. The van der Waals surface area contributed by atoms with Crippen LogP contribution in [0, 0.1) is 0 Å². The van der Waals surface area contributed by atoms with Crippen LogP contribution in [-0.4, -0.2) is 22.5 Å². The fourth-order valence-corrected chi connectivity index (χ4v) is 3.73. The molecule has 0 radical (unpaired) electrons. The van der Waals surface area contributed by atoms with Gasteiger partial charge in [0, 0.05) is 38.1 Å². The van der Waals surface area contributed by atoms with Gasteiger partial charge in [0.25, 0.3) is 0 Å². The van der Waals surface area contributed by atoms with E-state index >= 15 is 0 Å². The second kappa shape index (κ2) is 5.11. The molecular formula is C21H16N2O2. The van der Waals surface area contributed by atoms with Crippen LogP contribution in [0.3, 0.4) is 0 Å². The van der Waals surface area contributed by atoms with Crippen molar-refractivity contribution in [3.63, 3.8) is 0 Å². The summed E-state index contributed by atoms with van der Waals surface area (Å²) in [6.45, 7) is 2.18. The van der Waals surface area contributed by atoms with Crippen molar-refractivity contribution in [1.82, 2.24) is 9.97 Å². The number of nitrogens with one attached hydrogen (secondary N) is 2. The molecule has 0 aliphatic heterocycles. The van der Waals surface area contributed by atoms with Gasteiger partial charge >= 0.3 is 5.97 Å². The summed E-state index contributed by atoms with van der Waals surface area (Å²) in [6.07, 6.45) is 0. The molecule has 25 heavy (non-hydrogen) atoms. The third-order valence-corrected chi connectivity index (χ3v) is 4.75. The van der Waals surface area contributed by atoms with E-state index in [9.17, 15) is 4.79 Å². The summed E-state index contributed by atoms with van der Waals surface area (Å²) in [5.41, 5.74) is 4.40. The number of ether oxygens (including phenoxy) is 1. The molecule has 3 aromatic carbocycles. The first-order valence-corrected chi connectivity index (χ1v) is 8.39. The number of fused-ring (bicyclic) bond motifs is 6. The zero-order valence-electron chi connectivity index (χ0n) is 13.7. The normalized spacial score (nSPS) is 11.7. The number of aromatic amines is 2. The number of para-hydroxylation sites is 2. The largest absolute Gasteiger partial charge is 0.462 e. The molecule has 0 unspecified atom stereocenters. The van der Waals surface area contributed by atoms with Gasteiger partial charge in [-0.25, -0.2) is 4.79 Å². The smallest absolute Gasteiger partial charge is 0.340 e. The van der Waals surface area contributed by atoms with Gasteiger partial charge in [0.05, 0.1) is 17.7 Å². The van der Waals surface area contributed by atoms with Gasteiger partial charge in [-0.05, 0) is 25.1 Å². The van der Waals surface area contributed by atoms with Crippen molar-refractivity contribution in [2.45, 2.75) is 6.92 Å². The number of benzene rings is 3. The quantitative estimate of drug-likeness (QED) is 0.441. The van der Waals surface area contributed by atoms with Crippen molar-refractivity contribution < 1.29 is 9.53 Å². The van der Waals surface area contributed by atoms with Crippen LogP contribution in [0.1, 0.15) is 17.3 Å². The third kappa shape index (κ3) is 1.91. The number of rotatable bonds is 2. The molecular weight excluding hydrogens is 312 g/mol. The van der Waals surface area contributed by atoms with Crippen LogP contribution in [0.15, 0.2) is 54.6 Å². The Morgan fingerprint density at radius 1 is 0.880 bits per heavy atom. The summed E-state index contributed by atoms with van der Waals surface area (Å²) >= 11 is 0. The number of hydrogen-bond acceptors (Lipinski definition) is 2. The number of esters is 1. The van der Waals surface area contributed by atoms with E-state index in [4.69, 9.17) is 4.74 Å². The number of carbonyl (C=O) groups is 1. The van der Waals surface area contributed by atoms with E-state index in [0.29, 0.717) is 12.2 Å². The van der Waals surface area contributed by atoms with Gasteiger partial charge in [-0.15, -0.1) is 0 Å². The molecule has 2 aromatic heterocycles. The van der Waals surface area contributed by atoms with Crippen LogP contribution in [0.4, 0.5) is 0 Å². The molecule has 0 aliphatic rings. The van der Waals surface area contributed by atoms with E-state index in [1.165, 1.54) is 0 Å². The Labute approximate surface area is 143 Å². The summed E-state index contributed by atoms with van der Waals surface area (Å²) in [6, 6.07) is 18.2. The van der Waals surface area contributed by atoms with Gasteiger partial charge in [0.2, 0.25) is 0 Å². The summed E-state index contributed by atoms with van der Waals surface area (Å²) in [4.78, 5) is 19.7. The van der Waals surface area contributed by atoms with Crippen molar-refractivity contribution >= 4 is 49.6 Å². The lowest BCUT2D eigenvalue weighted by Crippen LogP contribution is -2.06. The van der Waals surface area contributed by atoms with Gasteiger partial charge in [-0.1, -0.05) is 36.4 Å². The van der Waals surface area contributed by atoms with E-state index < -0.39 is 0 Å². The molecule has 122 valence electrons. The number of H-pyrrole nitrogens is 2. The molecule has 0 saturated heterocycles. The fourth-order valence-electron chi connectivity index (χ4n) is 3.73. The molecule has 2 heterocycles. The lowest BCUT2D eigenvalue weighted by Gasteiger charge is -2.06. The Kier molecular flexibility index (Phi) is 2.88. The Hall–Kier alpha value is -3.27. The lowest BCUT2D eigenvalue weighted by atomic mass is 10.0. The van der Waals surface area contributed by atoms with Crippen LogP contribution in [0.25, 0.3) is 43.6 Å². The Morgan fingerprint density at radius 2 is 1.56 bits per heavy atom. The molecule has 5 aromatic rings. The van der Waals surface area contributed by atoms with Crippen LogP contribution < -0.4 is 0 Å². The molecule has 0 aliphatic carbocycles. The Balaban J connectivity index is 2.04. The van der Waals surface area contributed by atoms with Crippen molar-refractivity contribution in [2.24, 2.45) is 0 Å². The van der Waals surface area contributed by atoms with Crippen molar-refractivity contribution in [1.29, 1.82) is 0 Å². The second-order valence-corrected chi connectivity index (χ2v) is 6.16. The van der Waals surface area contributed by atoms with E-state index in [1.54, 1.807) is 0 Å². The Morgan fingerprint density at radius 3 is 2.32 bits per heavy atom. The topological polar surface area (TPSA) is 57.9 Å². The van der Waals surface area contributed by atoms with Crippen LogP contribution >= 0.6 is 0 Å². The highest BCUT2D eigenvalue weighted by molar-refractivity contribution is 6.26. The maximum Gasteiger partial charge on any atom is 0.340 e. The monoisotopic (exact) mass is 328 g/mol. The molecule has 4 nitrogen and oxygen atoms in total. The number of carbonyl (C=O) groups excluding carboxylic acids is 1. The zero-order chi connectivity index (χ0) is 17.0. The van der Waals surface area contributed by atoms with Gasteiger partial charge < -0.3 is 14.7 Å². The number of aromatic nitrogens is 2. The minimum Gasteiger partial charge on any atom is -0.462 e. The van der Waals surface area contributed by atoms with Crippen LogP contribution in [-0.2, 0) is 4.74 Å². The van der Waals surface area contributed by atoms with E-state index in [2.05, 4.69) is 22.1 Å². The maximum atomic E-state index is 12.8. The van der Waals surface area contributed by atoms with Crippen molar-refractivity contribution in [3.8, 4) is 0 Å². The Bertz CT molecular complexity index is 1270. The molecule has 0 spiro atoms. The summed E-state index contributed by atoms with van der Waals surface area (Å²) in [7, 11) is 0. The highest BCUT2D eigenvalue weighted by atomic mass is 16.5. The van der Waals surface area contributed by atoms with Crippen LogP contribution in [0.2, 0.25) is 0 Å². The molecule has 0 amide bonds. The molecule has 5 rings (SSSR count). The fraction of sp³-hybridized carbons (Fsp3) is 0.0952. The highest BCUT2D eigenvalue weighted by Gasteiger charge is 2.21. The van der Waals surface area contributed by atoms with Gasteiger partial charge in [0.1, 0.15) is 0 Å². The predicted octanol–water partition coefficient (Wildman–Crippen LogP) is 5.13. The third-order valence-electron chi connectivity index (χ3n) is 4.75. The van der Waals surface area contributed by atoms with Gasteiger partial charge in [-0.2, -0.15) is 0 Å². The molecule has 0 fully saturated rings. The first-order valence-electron chi connectivity index (χ1n) is 8.39. The SMILES string of the molecule is CCOC(=O)c1c2[nH]c3ccccc3c2cc2[nH]c3ccccc3c12. The zero-order valence-corrected chi connectivity index (χ0v) is 13.7. The van der Waals surface area contributed by atoms with Gasteiger partial charge in [-0.3, -0.25) is 0 Å². The summed E-state index contributed by atoms with van der Waals surface area (Å²) in [5.74, 6) is -0.297. The van der Waals surface area contributed by atoms with Crippen molar-refractivity contribution in [3.05, 3.63) is 60.2 Å². The molecule has 0 bridgehead atoms. The standard InChI is InChI=1S/C21H16N2O2/c1-2-25-21(24)19-18-13-8-4-6-10-16(13)22-17(18)11-14-12-7-3-5-9-15(12)23-20(14)19/h3-11,22-23H,2H2,1H3. The molecule has 4 heteroatoms. The minimum atomic E-state index is -0.297. The molecule has 0 saturated carbocycles. The maximum absolute atomic E-state index is 12.8. The van der Waals surface area contributed by atoms with Crippen LogP contribution in [0.5, 0.6) is 0 Å². The summed E-state index contributed by atoms with van der Waals surface area (Å²) in [5, 5.41) is 4.07. The molecule has 2 N–H and O–H groups in total. The lowest BCUT2D eigenvalue weighted by molar-refractivity contribution is 0.0531. The minimum absolute atomic E-state index is 0.297. The second-order valence-electron chi connectivity index (χ2n) is 6.16. The van der Waals surface area contributed by atoms with Gasteiger partial charge in [0.15, 0.2) is 0 Å². The first kappa shape index (κ1) is 14.1. The van der Waals surface area contributed by atoms with Crippen molar-refractivity contribution in [2.75, 3.05) is 6.61 Å². The average molecular weight is 328 g/mol. The average Bonchev–Trinajstić information content (AvgIpc) is 3.18. The van der Waals surface area contributed by atoms with E-state index in [0.717, 1.165) is 43.6 Å². The van der Waals surface area contributed by atoms with E-state index in [1.807, 2.05) is 49.4 Å². The number of hydrogen-bond donors (Lipinski definition) is 2. The molecule has 0 atom stereocenters. The predicted molar refractivity (Wildman–Crippen MR) is 101 cm³/mol. The van der Waals surface area contributed by atoms with E-state index in [-0.39, 0.29) is 5.97 Å². The highest BCUT2D eigenvalue weighted by Crippen LogP contribution is 2.37.